The number of carboxylic acids is 2. The van der Waals surface area contributed by atoms with Crippen molar-refractivity contribution in [2.75, 3.05) is 0 Å². The Labute approximate surface area is 194 Å². The highest BCUT2D eigenvalue weighted by molar-refractivity contribution is 5.97. The van der Waals surface area contributed by atoms with Crippen LogP contribution >= 0.6 is 0 Å². The van der Waals surface area contributed by atoms with Gasteiger partial charge in [-0.05, 0) is 5.92 Å². The third kappa shape index (κ3) is 9.23. The second-order valence-electron chi connectivity index (χ2n) is 7.84. The van der Waals surface area contributed by atoms with Crippen LogP contribution in [-0.4, -0.2) is 79.9 Å². The third-order valence-electron chi connectivity index (χ3n) is 4.66. The van der Waals surface area contributed by atoms with Crippen molar-refractivity contribution in [3.8, 4) is 0 Å². The Morgan fingerprint density at radius 1 is 0.941 bits per heavy atom. The van der Waals surface area contributed by atoms with Gasteiger partial charge in [-0.15, -0.1) is 0 Å². The molecule has 0 saturated heterocycles. The first-order valence-corrected chi connectivity index (χ1v) is 10.2. The Morgan fingerprint density at radius 2 is 1.47 bits per heavy atom. The molecule has 0 spiro atoms. The molecular formula is C19H29N7O8. The van der Waals surface area contributed by atoms with Gasteiger partial charge in [-0.2, -0.15) is 0 Å². The summed E-state index contributed by atoms with van der Waals surface area (Å²) in [6.07, 6.45) is 0.932. The number of aromatic amines is 1. The van der Waals surface area contributed by atoms with Crippen LogP contribution < -0.4 is 27.4 Å². The van der Waals surface area contributed by atoms with Crippen LogP contribution in [0.3, 0.4) is 0 Å². The van der Waals surface area contributed by atoms with Crippen LogP contribution in [0.4, 0.5) is 0 Å². The first kappa shape index (κ1) is 28.0. The van der Waals surface area contributed by atoms with E-state index in [9.17, 15) is 33.9 Å². The third-order valence-corrected chi connectivity index (χ3v) is 4.66. The number of carbonyl (C=O) groups excluding carboxylic acids is 4. The molecule has 4 atom stereocenters. The maximum atomic E-state index is 12.7. The molecule has 4 unspecified atom stereocenters. The van der Waals surface area contributed by atoms with Crippen molar-refractivity contribution < 1.29 is 39.0 Å². The van der Waals surface area contributed by atoms with Crippen molar-refractivity contribution in [3.63, 3.8) is 0 Å². The van der Waals surface area contributed by atoms with Gasteiger partial charge in [-0.1, -0.05) is 13.8 Å². The molecule has 0 aliphatic carbocycles. The summed E-state index contributed by atoms with van der Waals surface area (Å²) < 4.78 is 0. The van der Waals surface area contributed by atoms with E-state index in [4.69, 9.17) is 16.6 Å². The van der Waals surface area contributed by atoms with E-state index in [2.05, 4.69) is 25.9 Å². The lowest BCUT2D eigenvalue weighted by Gasteiger charge is -2.24. The number of H-pyrrole nitrogens is 1. The van der Waals surface area contributed by atoms with Crippen LogP contribution in [0.1, 0.15) is 32.4 Å². The van der Waals surface area contributed by atoms with Crippen LogP contribution in [0.5, 0.6) is 0 Å². The minimum absolute atomic E-state index is 0.177. The fourth-order valence-corrected chi connectivity index (χ4v) is 2.73. The van der Waals surface area contributed by atoms with Crippen molar-refractivity contribution in [1.29, 1.82) is 0 Å². The zero-order valence-corrected chi connectivity index (χ0v) is 18.6. The molecule has 10 N–H and O–H groups in total. The zero-order valence-electron chi connectivity index (χ0n) is 18.6. The number of nitrogens with two attached hydrogens (primary N) is 2. The number of hydrogen-bond donors (Lipinski definition) is 8. The first-order chi connectivity index (χ1) is 15.8. The molecule has 1 heterocycles. The second-order valence-corrected chi connectivity index (χ2v) is 7.84. The second kappa shape index (κ2) is 12.9. The topological polar surface area (TPSA) is 260 Å². The summed E-state index contributed by atoms with van der Waals surface area (Å²) in [5.74, 6) is -7.10. The van der Waals surface area contributed by atoms with E-state index in [0.717, 1.165) is 0 Å². The van der Waals surface area contributed by atoms with E-state index in [1.807, 2.05) is 0 Å². The van der Waals surface area contributed by atoms with Gasteiger partial charge in [-0.25, -0.2) is 9.78 Å². The summed E-state index contributed by atoms with van der Waals surface area (Å²) in [6, 6.07) is -5.75. The average molecular weight is 483 g/mol. The number of carboxylic acid groups (broad SMARTS) is 2. The molecule has 0 bridgehead atoms. The molecule has 0 aromatic carbocycles. The number of nitrogens with one attached hydrogen (secondary N) is 4. The smallest absolute Gasteiger partial charge is 0.326 e. The Hall–Kier alpha value is -4.01. The largest absolute Gasteiger partial charge is 0.481 e. The van der Waals surface area contributed by atoms with E-state index >= 15 is 0 Å². The maximum Gasteiger partial charge on any atom is 0.326 e. The zero-order chi connectivity index (χ0) is 26.0. The fraction of sp³-hybridized carbons (Fsp3) is 0.526. The molecule has 34 heavy (non-hydrogen) atoms. The number of rotatable bonds is 14. The quantitative estimate of drug-likeness (QED) is 0.131. The van der Waals surface area contributed by atoms with Crippen LogP contribution in [0.25, 0.3) is 0 Å². The Bertz CT molecular complexity index is 902. The number of nitrogens with zero attached hydrogens (tertiary/aromatic N) is 1. The van der Waals surface area contributed by atoms with Gasteiger partial charge in [0.1, 0.15) is 18.1 Å². The minimum atomic E-state index is -1.64. The number of amides is 4. The molecule has 1 rings (SSSR count). The number of aromatic nitrogens is 2. The number of primary amides is 1. The summed E-state index contributed by atoms with van der Waals surface area (Å²) in [4.78, 5) is 78.2. The lowest BCUT2D eigenvalue weighted by Crippen LogP contribution is -2.58. The molecule has 0 radical (unpaired) electrons. The SMILES string of the molecule is CC(C)C(N)C(=O)NC(CC(=O)O)C(=O)NC(CC(N)=O)C(=O)NC(Cc1cnc[nH]1)C(=O)O. The van der Waals surface area contributed by atoms with Gasteiger partial charge in [0, 0.05) is 18.3 Å². The molecule has 0 aliphatic rings. The summed E-state index contributed by atoms with van der Waals surface area (Å²) in [7, 11) is 0. The fourth-order valence-electron chi connectivity index (χ4n) is 2.73. The van der Waals surface area contributed by atoms with Gasteiger partial charge in [-0.3, -0.25) is 24.0 Å². The van der Waals surface area contributed by atoms with Gasteiger partial charge in [0.05, 0.1) is 25.2 Å². The lowest BCUT2D eigenvalue weighted by molar-refractivity contribution is -0.143. The molecule has 15 nitrogen and oxygen atoms in total. The Balaban J connectivity index is 3.01. The minimum Gasteiger partial charge on any atom is -0.481 e. The van der Waals surface area contributed by atoms with Crippen LogP contribution in [0, 0.1) is 5.92 Å². The van der Waals surface area contributed by atoms with Crippen molar-refractivity contribution in [2.45, 2.75) is 57.3 Å². The molecular weight excluding hydrogens is 454 g/mol. The van der Waals surface area contributed by atoms with Crippen molar-refractivity contribution >= 4 is 35.6 Å². The van der Waals surface area contributed by atoms with Crippen molar-refractivity contribution in [2.24, 2.45) is 17.4 Å². The summed E-state index contributed by atoms with van der Waals surface area (Å²) in [5, 5.41) is 25.0. The predicted molar refractivity (Wildman–Crippen MR) is 115 cm³/mol. The molecule has 0 saturated carbocycles. The van der Waals surface area contributed by atoms with Gasteiger partial charge in [0.25, 0.3) is 0 Å². The number of imidazole rings is 1. The molecule has 1 aromatic heterocycles. The molecule has 1 aromatic rings. The van der Waals surface area contributed by atoms with E-state index < -0.39 is 72.6 Å². The van der Waals surface area contributed by atoms with Crippen LogP contribution in [-0.2, 0) is 35.2 Å². The molecule has 0 fully saturated rings. The normalized spacial score (nSPS) is 14.4. The van der Waals surface area contributed by atoms with Crippen LogP contribution in [0.15, 0.2) is 12.5 Å². The Morgan fingerprint density at radius 3 is 1.91 bits per heavy atom. The van der Waals surface area contributed by atoms with Gasteiger partial charge in [0.2, 0.25) is 23.6 Å². The number of hydrogen-bond acceptors (Lipinski definition) is 8. The van der Waals surface area contributed by atoms with Crippen LogP contribution in [0.2, 0.25) is 0 Å². The summed E-state index contributed by atoms with van der Waals surface area (Å²) >= 11 is 0. The number of aliphatic carboxylic acids is 2. The molecule has 4 amide bonds. The highest BCUT2D eigenvalue weighted by Crippen LogP contribution is 2.04. The standard InChI is InChI=1S/C19H29N7O8/c1-8(2)15(21)18(32)25-11(5-14(28)29)17(31)24-10(4-13(20)27)16(30)26-12(19(33)34)3-9-6-22-7-23-9/h6-8,10-12,15H,3-5,21H2,1-2H3,(H2,20,27)(H,22,23)(H,24,31)(H,25,32)(H,26,30)(H,28,29)(H,33,34). The average Bonchev–Trinajstić information content (AvgIpc) is 3.23. The monoisotopic (exact) mass is 483 g/mol. The maximum absolute atomic E-state index is 12.7. The van der Waals surface area contributed by atoms with Gasteiger partial charge in [0.15, 0.2) is 0 Å². The van der Waals surface area contributed by atoms with E-state index in [-0.39, 0.29) is 12.3 Å². The lowest BCUT2D eigenvalue weighted by atomic mass is 10.0. The van der Waals surface area contributed by atoms with E-state index in [1.165, 1.54) is 12.5 Å². The molecule has 15 heteroatoms. The highest BCUT2D eigenvalue weighted by atomic mass is 16.4. The van der Waals surface area contributed by atoms with E-state index in [0.29, 0.717) is 5.69 Å². The van der Waals surface area contributed by atoms with E-state index in [1.54, 1.807) is 13.8 Å². The Kier molecular flexibility index (Phi) is 10.6. The van der Waals surface area contributed by atoms with Gasteiger partial charge >= 0.3 is 11.9 Å². The molecule has 188 valence electrons. The van der Waals surface area contributed by atoms with Crippen molar-refractivity contribution in [1.82, 2.24) is 25.9 Å². The molecule has 0 aliphatic heterocycles. The highest BCUT2D eigenvalue weighted by Gasteiger charge is 2.32. The number of carbonyl (C=O) groups is 6. The summed E-state index contributed by atoms with van der Waals surface area (Å²) in [5.41, 5.74) is 11.2. The summed E-state index contributed by atoms with van der Waals surface area (Å²) in [6.45, 7) is 3.29. The predicted octanol–water partition coefficient (Wildman–Crippen LogP) is -3.18. The van der Waals surface area contributed by atoms with Crippen molar-refractivity contribution in [3.05, 3.63) is 18.2 Å². The first-order valence-electron chi connectivity index (χ1n) is 10.2. The van der Waals surface area contributed by atoms with Gasteiger partial charge < -0.3 is 42.6 Å².